The molecule has 5 rings (SSSR count). The summed E-state index contributed by atoms with van der Waals surface area (Å²) >= 11 is 0. The smallest absolute Gasteiger partial charge is 0.254 e. The van der Waals surface area contributed by atoms with E-state index in [1.165, 1.54) is 24.3 Å². The van der Waals surface area contributed by atoms with Gasteiger partial charge in [-0.1, -0.05) is 0 Å². The molecule has 6 nitrogen and oxygen atoms in total. The van der Waals surface area contributed by atoms with Gasteiger partial charge in [0, 0.05) is 47.6 Å². The second-order valence-electron chi connectivity index (χ2n) is 8.10. The van der Waals surface area contributed by atoms with E-state index < -0.39 is 0 Å². The van der Waals surface area contributed by atoms with Crippen molar-refractivity contribution in [1.82, 2.24) is 19.9 Å². The maximum absolute atomic E-state index is 13.2. The second-order valence-corrected chi connectivity index (χ2v) is 8.10. The van der Waals surface area contributed by atoms with Crippen LogP contribution in [-0.4, -0.2) is 38.8 Å². The van der Waals surface area contributed by atoms with Gasteiger partial charge < -0.3 is 9.88 Å². The standard InChI is InChI=1S/C23H21FN4O2/c24-17-6-4-15(5-7-17)22(30)28-12-2-9-23(14-28)10-8-18-19(23)26-20(27-21(18)29)16-3-1-11-25-13-16/h1,3-7,11,13H,2,8-10,12,14H2,(H,26,27,29). The van der Waals surface area contributed by atoms with Gasteiger partial charge in [-0.05, 0) is 62.1 Å². The molecule has 1 aliphatic heterocycles. The fourth-order valence-electron chi connectivity index (χ4n) is 4.77. The maximum Gasteiger partial charge on any atom is 0.254 e. The number of aromatic amines is 1. The first-order valence-electron chi connectivity index (χ1n) is 10.1. The molecule has 3 aromatic rings. The number of amides is 1. The Hall–Kier alpha value is -3.35. The van der Waals surface area contributed by atoms with Crippen LogP contribution >= 0.6 is 0 Å². The first-order valence-corrected chi connectivity index (χ1v) is 10.1. The first-order chi connectivity index (χ1) is 14.6. The number of aromatic nitrogens is 3. The number of carbonyl (C=O) groups is 1. The summed E-state index contributed by atoms with van der Waals surface area (Å²) in [5.41, 5.74) is 2.32. The van der Waals surface area contributed by atoms with Crippen molar-refractivity contribution in [3.63, 3.8) is 0 Å². The van der Waals surface area contributed by atoms with Crippen LogP contribution in [0.2, 0.25) is 0 Å². The minimum absolute atomic E-state index is 0.111. The highest BCUT2D eigenvalue weighted by atomic mass is 19.1. The predicted molar refractivity (Wildman–Crippen MR) is 110 cm³/mol. The van der Waals surface area contributed by atoms with E-state index in [1.54, 1.807) is 12.4 Å². The topological polar surface area (TPSA) is 79.0 Å². The molecule has 7 heteroatoms. The van der Waals surface area contributed by atoms with E-state index in [-0.39, 0.29) is 22.7 Å². The number of nitrogens with one attached hydrogen (secondary N) is 1. The molecule has 1 fully saturated rings. The number of hydrogen-bond acceptors (Lipinski definition) is 4. The van der Waals surface area contributed by atoms with E-state index in [0.717, 1.165) is 36.1 Å². The molecule has 1 saturated heterocycles. The van der Waals surface area contributed by atoms with Gasteiger partial charge in [0.2, 0.25) is 0 Å². The minimum atomic E-state index is -0.363. The van der Waals surface area contributed by atoms with Crippen LogP contribution in [0.4, 0.5) is 4.39 Å². The van der Waals surface area contributed by atoms with E-state index in [4.69, 9.17) is 4.98 Å². The Balaban J connectivity index is 1.50. The largest absolute Gasteiger partial charge is 0.338 e. The molecule has 2 aromatic heterocycles. The molecular weight excluding hydrogens is 383 g/mol. The number of carbonyl (C=O) groups excluding carboxylic acids is 1. The van der Waals surface area contributed by atoms with Crippen molar-refractivity contribution in [2.75, 3.05) is 13.1 Å². The van der Waals surface area contributed by atoms with Gasteiger partial charge in [-0.15, -0.1) is 0 Å². The normalized spacial score (nSPS) is 20.4. The Kier molecular flexibility index (Phi) is 4.46. The van der Waals surface area contributed by atoms with Crippen LogP contribution in [0.25, 0.3) is 11.4 Å². The molecule has 1 spiro atoms. The summed E-state index contributed by atoms with van der Waals surface area (Å²) in [5.74, 6) is 0.0349. The molecular formula is C23H21FN4O2. The summed E-state index contributed by atoms with van der Waals surface area (Å²) < 4.78 is 13.2. The minimum Gasteiger partial charge on any atom is -0.338 e. The SMILES string of the molecule is O=C(c1ccc(F)cc1)N1CCCC2(CCc3c2nc(-c2cccnc2)[nH]c3=O)C1. The van der Waals surface area contributed by atoms with E-state index in [2.05, 4.69) is 9.97 Å². The number of nitrogens with zero attached hydrogens (tertiary/aromatic N) is 3. The molecule has 0 radical (unpaired) electrons. The molecule has 30 heavy (non-hydrogen) atoms. The van der Waals surface area contributed by atoms with Crippen LogP contribution in [0.1, 0.15) is 40.9 Å². The van der Waals surface area contributed by atoms with Gasteiger partial charge in [0.25, 0.3) is 11.5 Å². The summed E-state index contributed by atoms with van der Waals surface area (Å²) in [6, 6.07) is 9.32. The predicted octanol–water partition coefficient (Wildman–Crippen LogP) is 3.09. The number of rotatable bonds is 2. The molecule has 1 unspecified atom stereocenters. The lowest BCUT2D eigenvalue weighted by molar-refractivity contribution is 0.0633. The summed E-state index contributed by atoms with van der Waals surface area (Å²) in [4.78, 5) is 39.5. The maximum atomic E-state index is 13.2. The molecule has 3 heterocycles. The van der Waals surface area contributed by atoms with Crippen molar-refractivity contribution in [3.8, 4) is 11.4 Å². The number of halogens is 1. The van der Waals surface area contributed by atoms with Gasteiger partial charge >= 0.3 is 0 Å². The van der Waals surface area contributed by atoms with Crippen LogP contribution in [-0.2, 0) is 11.8 Å². The van der Waals surface area contributed by atoms with Crippen molar-refractivity contribution in [2.24, 2.45) is 0 Å². The Morgan fingerprint density at radius 2 is 2.00 bits per heavy atom. The van der Waals surface area contributed by atoms with Crippen LogP contribution in [0, 0.1) is 5.82 Å². The van der Waals surface area contributed by atoms with E-state index in [1.807, 2.05) is 17.0 Å². The van der Waals surface area contributed by atoms with Crippen molar-refractivity contribution < 1.29 is 9.18 Å². The average Bonchev–Trinajstić information content (AvgIpc) is 3.12. The zero-order chi connectivity index (χ0) is 20.7. The number of fused-ring (bicyclic) bond motifs is 2. The van der Waals surface area contributed by atoms with Gasteiger partial charge in [-0.2, -0.15) is 0 Å². The Bertz CT molecular complexity index is 1160. The third-order valence-electron chi connectivity index (χ3n) is 6.26. The van der Waals surface area contributed by atoms with Crippen molar-refractivity contribution >= 4 is 5.91 Å². The molecule has 0 saturated carbocycles. The molecule has 1 amide bonds. The highest BCUT2D eigenvalue weighted by Crippen LogP contribution is 2.43. The molecule has 1 aliphatic carbocycles. The number of hydrogen-bond donors (Lipinski definition) is 1. The third kappa shape index (κ3) is 3.10. The zero-order valence-electron chi connectivity index (χ0n) is 16.4. The zero-order valence-corrected chi connectivity index (χ0v) is 16.4. The highest BCUT2D eigenvalue weighted by Gasteiger charge is 2.45. The number of likely N-dealkylation sites (tertiary alicyclic amines) is 1. The summed E-state index contributed by atoms with van der Waals surface area (Å²) in [5, 5.41) is 0. The Labute approximate surface area is 172 Å². The number of H-pyrrole nitrogens is 1. The lowest BCUT2D eigenvalue weighted by atomic mass is 9.77. The number of piperidine rings is 1. The lowest BCUT2D eigenvalue weighted by Gasteiger charge is -2.40. The van der Waals surface area contributed by atoms with E-state index in [0.29, 0.717) is 30.9 Å². The molecule has 1 N–H and O–H groups in total. The van der Waals surface area contributed by atoms with Crippen molar-refractivity contribution in [1.29, 1.82) is 0 Å². The molecule has 152 valence electrons. The van der Waals surface area contributed by atoms with Gasteiger partial charge in [0.1, 0.15) is 11.6 Å². The molecule has 1 aromatic carbocycles. The van der Waals surface area contributed by atoms with Gasteiger partial charge in [0.05, 0.1) is 5.69 Å². The second kappa shape index (κ2) is 7.16. The average molecular weight is 404 g/mol. The fourth-order valence-corrected chi connectivity index (χ4v) is 4.77. The summed E-state index contributed by atoms with van der Waals surface area (Å²) in [6.07, 6.45) is 6.53. The first kappa shape index (κ1) is 18.7. The van der Waals surface area contributed by atoms with Crippen LogP contribution in [0.5, 0.6) is 0 Å². The van der Waals surface area contributed by atoms with Crippen LogP contribution < -0.4 is 5.56 Å². The van der Waals surface area contributed by atoms with Gasteiger partial charge in [-0.3, -0.25) is 14.6 Å². The van der Waals surface area contributed by atoms with E-state index >= 15 is 0 Å². The van der Waals surface area contributed by atoms with Gasteiger partial charge in [-0.25, -0.2) is 9.37 Å². The summed E-state index contributed by atoms with van der Waals surface area (Å²) in [7, 11) is 0. The number of benzene rings is 1. The third-order valence-corrected chi connectivity index (χ3v) is 6.26. The van der Waals surface area contributed by atoms with E-state index in [9.17, 15) is 14.0 Å². The van der Waals surface area contributed by atoms with Crippen LogP contribution in [0.3, 0.4) is 0 Å². The van der Waals surface area contributed by atoms with Gasteiger partial charge in [0.15, 0.2) is 0 Å². The lowest BCUT2D eigenvalue weighted by Crippen LogP contribution is -2.48. The molecule has 0 bridgehead atoms. The van der Waals surface area contributed by atoms with Crippen molar-refractivity contribution in [2.45, 2.75) is 31.1 Å². The fraction of sp³-hybridized carbons (Fsp3) is 0.304. The number of pyridine rings is 1. The molecule has 2 aliphatic rings. The quantitative estimate of drug-likeness (QED) is 0.712. The highest BCUT2D eigenvalue weighted by molar-refractivity contribution is 5.94. The Morgan fingerprint density at radius 3 is 2.77 bits per heavy atom. The Morgan fingerprint density at radius 1 is 1.17 bits per heavy atom. The van der Waals surface area contributed by atoms with Crippen LogP contribution in [0.15, 0.2) is 53.6 Å². The van der Waals surface area contributed by atoms with Crippen molar-refractivity contribution in [3.05, 3.63) is 81.8 Å². The monoisotopic (exact) mass is 404 g/mol. The summed E-state index contributed by atoms with van der Waals surface area (Å²) in [6.45, 7) is 1.16. The molecule has 1 atom stereocenters.